The maximum absolute atomic E-state index is 11.1. The van der Waals surface area contributed by atoms with E-state index in [9.17, 15) is 4.79 Å². The van der Waals surface area contributed by atoms with Crippen LogP contribution in [0.3, 0.4) is 0 Å². The van der Waals surface area contributed by atoms with Gasteiger partial charge in [0, 0.05) is 6.42 Å². The van der Waals surface area contributed by atoms with E-state index in [1.165, 1.54) is 5.56 Å². The number of hydrogen-bond acceptors (Lipinski definition) is 1. The standard InChI is InChI=1S/C11H13NO/c1-11(8-7-10(13)12-11)9-5-3-2-4-6-9/h2-6H,7-8H2,1H3,(H,12,13)/t11-/m0/s1. The average molecular weight is 175 g/mol. The predicted molar refractivity (Wildman–Crippen MR) is 51.2 cm³/mol. The van der Waals surface area contributed by atoms with E-state index in [1.54, 1.807) is 0 Å². The number of amides is 1. The number of benzene rings is 1. The van der Waals surface area contributed by atoms with Crippen molar-refractivity contribution in [1.29, 1.82) is 0 Å². The van der Waals surface area contributed by atoms with Gasteiger partial charge in [0.15, 0.2) is 0 Å². The maximum Gasteiger partial charge on any atom is 0.220 e. The van der Waals surface area contributed by atoms with E-state index in [0.29, 0.717) is 6.42 Å². The van der Waals surface area contributed by atoms with Crippen LogP contribution >= 0.6 is 0 Å². The van der Waals surface area contributed by atoms with Gasteiger partial charge >= 0.3 is 0 Å². The van der Waals surface area contributed by atoms with Gasteiger partial charge in [-0.05, 0) is 18.9 Å². The summed E-state index contributed by atoms with van der Waals surface area (Å²) in [6.07, 6.45) is 1.54. The van der Waals surface area contributed by atoms with Gasteiger partial charge in [0.2, 0.25) is 5.91 Å². The third-order valence-electron chi connectivity index (χ3n) is 2.68. The Kier molecular flexibility index (Phi) is 1.83. The first kappa shape index (κ1) is 8.30. The summed E-state index contributed by atoms with van der Waals surface area (Å²) in [5.41, 5.74) is 1.05. The molecule has 0 bridgehead atoms. The van der Waals surface area contributed by atoms with Crippen molar-refractivity contribution in [1.82, 2.24) is 5.32 Å². The molecule has 1 atom stereocenters. The number of rotatable bonds is 1. The fourth-order valence-electron chi connectivity index (χ4n) is 1.82. The Morgan fingerprint density at radius 2 is 2.00 bits per heavy atom. The van der Waals surface area contributed by atoms with Crippen LogP contribution in [0.5, 0.6) is 0 Å². The average Bonchev–Trinajstić information content (AvgIpc) is 2.49. The molecule has 2 nitrogen and oxygen atoms in total. The quantitative estimate of drug-likeness (QED) is 0.693. The summed E-state index contributed by atoms with van der Waals surface area (Å²) in [4.78, 5) is 11.1. The highest BCUT2D eigenvalue weighted by Crippen LogP contribution is 2.30. The molecule has 0 unspecified atom stereocenters. The largest absolute Gasteiger partial charge is 0.347 e. The Morgan fingerprint density at radius 1 is 1.31 bits per heavy atom. The Hall–Kier alpha value is -1.31. The SMILES string of the molecule is C[C@@]1(c2ccccc2)CCC(=O)N1. The molecule has 1 aromatic rings. The van der Waals surface area contributed by atoms with Crippen LogP contribution in [-0.2, 0) is 10.3 Å². The molecule has 0 aromatic heterocycles. The van der Waals surface area contributed by atoms with Gasteiger partial charge in [0.25, 0.3) is 0 Å². The van der Waals surface area contributed by atoms with E-state index in [-0.39, 0.29) is 11.4 Å². The van der Waals surface area contributed by atoms with Crippen LogP contribution in [0.1, 0.15) is 25.3 Å². The molecule has 68 valence electrons. The number of nitrogens with one attached hydrogen (secondary N) is 1. The molecule has 0 saturated carbocycles. The first-order valence-electron chi connectivity index (χ1n) is 4.57. The van der Waals surface area contributed by atoms with Gasteiger partial charge in [-0.15, -0.1) is 0 Å². The first-order chi connectivity index (χ1) is 6.21. The van der Waals surface area contributed by atoms with E-state index in [1.807, 2.05) is 18.2 Å². The number of carbonyl (C=O) groups is 1. The predicted octanol–water partition coefficient (Wildman–Crippen LogP) is 1.81. The lowest BCUT2D eigenvalue weighted by Gasteiger charge is -2.24. The Labute approximate surface area is 78.0 Å². The summed E-state index contributed by atoms with van der Waals surface area (Å²) in [5.74, 6) is 0.159. The first-order valence-corrected chi connectivity index (χ1v) is 4.57. The summed E-state index contributed by atoms with van der Waals surface area (Å²) in [7, 11) is 0. The van der Waals surface area contributed by atoms with Gasteiger partial charge in [0.1, 0.15) is 0 Å². The van der Waals surface area contributed by atoms with Crippen LogP contribution in [-0.4, -0.2) is 5.91 Å². The second kappa shape index (κ2) is 2.87. The molecular formula is C11H13NO. The molecule has 1 heterocycles. The summed E-state index contributed by atoms with van der Waals surface area (Å²) in [6, 6.07) is 10.1. The lowest BCUT2D eigenvalue weighted by atomic mass is 9.91. The van der Waals surface area contributed by atoms with Crippen LogP contribution < -0.4 is 5.32 Å². The highest BCUT2D eigenvalue weighted by molar-refractivity contribution is 5.79. The molecule has 1 N–H and O–H groups in total. The topological polar surface area (TPSA) is 29.1 Å². The summed E-state index contributed by atoms with van der Waals surface area (Å²) in [6.45, 7) is 2.08. The second-order valence-corrected chi connectivity index (χ2v) is 3.75. The molecule has 1 aliphatic heterocycles. The molecule has 0 spiro atoms. The van der Waals surface area contributed by atoms with Crippen molar-refractivity contribution in [2.75, 3.05) is 0 Å². The van der Waals surface area contributed by atoms with E-state index in [4.69, 9.17) is 0 Å². The fourth-order valence-corrected chi connectivity index (χ4v) is 1.82. The van der Waals surface area contributed by atoms with Crippen molar-refractivity contribution in [2.24, 2.45) is 0 Å². The molecule has 1 saturated heterocycles. The smallest absolute Gasteiger partial charge is 0.220 e. The highest BCUT2D eigenvalue weighted by Gasteiger charge is 2.34. The molecule has 0 radical (unpaired) electrons. The molecule has 2 rings (SSSR count). The van der Waals surface area contributed by atoms with Crippen LogP contribution in [0.4, 0.5) is 0 Å². The van der Waals surface area contributed by atoms with Crippen molar-refractivity contribution >= 4 is 5.91 Å². The van der Waals surface area contributed by atoms with Gasteiger partial charge in [-0.1, -0.05) is 30.3 Å². The lowest BCUT2D eigenvalue weighted by Crippen LogP contribution is -2.35. The van der Waals surface area contributed by atoms with E-state index >= 15 is 0 Å². The lowest BCUT2D eigenvalue weighted by molar-refractivity contribution is -0.119. The zero-order valence-electron chi connectivity index (χ0n) is 7.71. The molecule has 1 aliphatic rings. The van der Waals surface area contributed by atoms with Crippen LogP contribution in [0.2, 0.25) is 0 Å². The zero-order chi connectivity index (χ0) is 9.31. The third-order valence-corrected chi connectivity index (χ3v) is 2.68. The molecule has 1 aromatic carbocycles. The van der Waals surface area contributed by atoms with Gasteiger partial charge < -0.3 is 5.32 Å². The molecule has 1 fully saturated rings. The van der Waals surface area contributed by atoms with Gasteiger partial charge in [-0.2, -0.15) is 0 Å². The minimum atomic E-state index is -0.141. The van der Waals surface area contributed by atoms with Crippen molar-refractivity contribution in [3.63, 3.8) is 0 Å². The minimum absolute atomic E-state index is 0.141. The Balaban J connectivity index is 2.31. The molecule has 0 aliphatic carbocycles. The Bertz CT molecular complexity index is 320. The normalized spacial score (nSPS) is 27.3. The third kappa shape index (κ3) is 1.44. The fraction of sp³-hybridized carbons (Fsp3) is 0.364. The van der Waals surface area contributed by atoms with E-state index in [2.05, 4.69) is 24.4 Å². The zero-order valence-corrected chi connectivity index (χ0v) is 7.71. The monoisotopic (exact) mass is 175 g/mol. The molecule has 1 amide bonds. The highest BCUT2D eigenvalue weighted by atomic mass is 16.2. The molecule has 13 heavy (non-hydrogen) atoms. The van der Waals surface area contributed by atoms with Crippen molar-refractivity contribution < 1.29 is 4.79 Å². The van der Waals surface area contributed by atoms with Crippen LogP contribution in [0, 0.1) is 0 Å². The molecule has 2 heteroatoms. The van der Waals surface area contributed by atoms with Gasteiger partial charge in [0.05, 0.1) is 5.54 Å². The Morgan fingerprint density at radius 3 is 2.54 bits per heavy atom. The van der Waals surface area contributed by atoms with Gasteiger partial charge in [-0.25, -0.2) is 0 Å². The van der Waals surface area contributed by atoms with Gasteiger partial charge in [-0.3, -0.25) is 4.79 Å². The number of hydrogen-bond donors (Lipinski definition) is 1. The molecular weight excluding hydrogens is 162 g/mol. The second-order valence-electron chi connectivity index (χ2n) is 3.75. The van der Waals surface area contributed by atoms with Crippen molar-refractivity contribution in [2.45, 2.75) is 25.3 Å². The van der Waals surface area contributed by atoms with Crippen molar-refractivity contribution in [3.8, 4) is 0 Å². The summed E-state index contributed by atoms with van der Waals surface area (Å²) in [5, 5.41) is 3.01. The van der Waals surface area contributed by atoms with E-state index < -0.39 is 0 Å². The minimum Gasteiger partial charge on any atom is -0.347 e. The summed E-state index contributed by atoms with van der Waals surface area (Å²) >= 11 is 0. The van der Waals surface area contributed by atoms with Crippen LogP contribution in [0.15, 0.2) is 30.3 Å². The van der Waals surface area contributed by atoms with Crippen LogP contribution in [0.25, 0.3) is 0 Å². The maximum atomic E-state index is 11.1. The summed E-state index contributed by atoms with van der Waals surface area (Å²) < 4.78 is 0. The number of carbonyl (C=O) groups excluding carboxylic acids is 1. The van der Waals surface area contributed by atoms with E-state index in [0.717, 1.165) is 6.42 Å². The van der Waals surface area contributed by atoms with Crippen molar-refractivity contribution in [3.05, 3.63) is 35.9 Å².